The zero-order valence-electron chi connectivity index (χ0n) is 12.9. The Kier molecular flexibility index (Phi) is 5.12. The van der Waals surface area contributed by atoms with E-state index in [1.165, 1.54) is 5.56 Å². The Labute approximate surface area is 127 Å². The predicted molar refractivity (Wildman–Crippen MR) is 83.7 cm³/mol. The first kappa shape index (κ1) is 14.8. The van der Waals surface area contributed by atoms with Crippen LogP contribution in [0.15, 0.2) is 24.3 Å². The number of hydrogen-bond acceptors (Lipinski definition) is 4. The Morgan fingerprint density at radius 3 is 2.90 bits per heavy atom. The van der Waals surface area contributed by atoms with Gasteiger partial charge in [-0.3, -0.25) is 4.90 Å². The average molecular weight is 290 g/mol. The van der Waals surface area contributed by atoms with Gasteiger partial charge in [-0.1, -0.05) is 12.1 Å². The maximum absolute atomic E-state index is 5.81. The minimum absolute atomic E-state index is 0.284. The van der Waals surface area contributed by atoms with Crippen molar-refractivity contribution in [2.75, 3.05) is 32.8 Å². The maximum atomic E-state index is 5.81. The first-order valence-corrected chi connectivity index (χ1v) is 8.09. The molecule has 21 heavy (non-hydrogen) atoms. The second-order valence-electron chi connectivity index (χ2n) is 6.11. The number of rotatable bonds is 5. The summed E-state index contributed by atoms with van der Waals surface area (Å²) in [5.74, 6) is 0.947. The molecule has 0 amide bonds. The molecule has 2 fully saturated rings. The highest BCUT2D eigenvalue weighted by molar-refractivity contribution is 5.27. The molecule has 2 saturated heterocycles. The molecule has 116 valence electrons. The van der Waals surface area contributed by atoms with Gasteiger partial charge in [0, 0.05) is 38.8 Å². The minimum Gasteiger partial charge on any atom is -0.491 e. The van der Waals surface area contributed by atoms with Gasteiger partial charge >= 0.3 is 0 Å². The molecule has 0 bridgehead atoms. The molecule has 3 rings (SSSR count). The van der Waals surface area contributed by atoms with Crippen LogP contribution in [0.25, 0.3) is 0 Å². The molecule has 4 heteroatoms. The molecule has 0 aromatic heterocycles. The molecular formula is C17H26N2O2. The summed E-state index contributed by atoms with van der Waals surface area (Å²) in [7, 11) is 0. The number of benzene rings is 1. The molecule has 0 radical (unpaired) electrons. The summed E-state index contributed by atoms with van der Waals surface area (Å²) in [5.41, 5.74) is 1.35. The van der Waals surface area contributed by atoms with Crippen LogP contribution in [0, 0.1) is 0 Å². The van der Waals surface area contributed by atoms with Crippen LogP contribution in [0.2, 0.25) is 0 Å². The summed E-state index contributed by atoms with van der Waals surface area (Å²) in [6.45, 7) is 8.16. The van der Waals surface area contributed by atoms with Crippen molar-refractivity contribution in [1.29, 1.82) is 0 Å². The van der Waals surface area contributed by atoms with Gasteiger partial charge in [0.25, 0.3) is 0 Å². The zero-order chi connectivity index (χ0) is 14.5. The van der Waals surface area contributed by atoms with Crippen LogP contribution in [0.5, 0.6) is 5.75 Å². The van der Waals surface area contributed by atoms with Crippen LogP contribution >= 0.6 is 0 Å². The van der Waals surface area contributed by atoms with Gasteiger partial charge in [-0.05, 0) is 37.5 Å². The maximum Gasteiger partial charge on any atom is 0.119 e. The summed E-state index contributed by atoms with van der Waals surface area (Å²) in [6.07, 6.45) is 2.57. The van der Waals surface area contributed by atoms with Crippen LogP contribution in [-0.4, -0.2) is 49.9 Å². The first-order valence-electron chi connectivity index (χ1n) is 8.09. The molecule has 1 unspecified atom stereocenters. The van der Waals surface area contributed by atoms with Gasteiger partial charge in [0.15, 0.2) is 0 Å². The van der Waals surface area contributed by atoms with E-state index >= 15 is 0 Å². The lowest BCUT2D eigenvalue weighted by atomic mass is 10.1. The number of nitrogens with one attached hydrogen (secondary N) is 1. The SMILES string of the molecule is C[C@@H]1CNCCN1Cc1ccc(OCC2CCCO2)cc1. The molecule has 1 aromatic rings. The summed E-state index contributed by atoms with van der Waals surface area (Å²) in [6, 6.07) is 9.13. The Balaban J connectivity index is 1.48. The Morgan fingerprint density at radius 1 is 1.33 bits per heavy atom. The third-order valence-electron chi connectivity index (χ3n) is 4.41. The molecule has 0 spiro atoms. The highest BCUT2D eigenvalue weighted by Gasteiger charge is 2.18. The molecule has 2 aliphatic heterocycles. The van der Waals surface area contributed by atoms with Crippen molar-refractivity contribution >= 4 is 0 Å². The average Bonchev–Trinajstić information content (AvgIpc) is 3.02. The van der Waals surface area contributed by atoms with Crippen molar-refractivity contribution in [2.45, 2.75) is 38.5 Å². The summed E-state index contributed by atoms with van der Waals surface area (Å²) in [5, 5.41) is 3.43. The zero-order valence-corrected chi connectivity index (χ0v) is 12.9. The van der Waals surface area contributed by atoms with Crippen molar-refractivity contribution in [3.63, 3.8) is 0 Å². The highest BCUT2D eigenvalue weighted by Crippen LogP contribution is 2.18. The number of nitrogens with zero attached hydrogens (tertiary/aromatic N) is 1. The van der Waals surface area contributed by atoms with E-state index in [9.17, 15) is 0 Å². The van der Waals surface area contributed by atoms with Crippen LogP contribution in [0.4, 0.5) is 0 Å². The topological polar surface area (TPSA) is 33.7 Å². The second kappa shape index (κ2) is 7.25. The van der Waals surface area contributed by atoms with Crippen molar-refractivity contribution in [1.82, 2.24) is 10.2 Å². The third kappa shape index (κ3) is 4.19. The van der Waals surface area contributed by atoms with Gasteiger partial charge < -0.3 is 14.8 Å². The lowest BCUT2D eigenvalue weighted by Crippen LogP contribution is -2.49. The van der Waals surface area contributed by atoms with E-state index in [1.807, 2.05) is 0 Å². The van der Waals surface area contributed by atoms with Crippen molar-refractivity contribution in [3.8, 4) is 5.75 Å². The van der Waals surface area contributed by atoms with E-state index in [1.54, 1.807) is 0 Å². The largest absolute Gasteiger partial charge is 0.491 e. The van der Waals surface area contributed by atoms with Crippen LogP contribution in [0.1, 0.15) is 25.3 Å². The van der Waals surface area contributed by atoms with Crippen LogP contribution in [-0.2, 0) is 11.3 Å². The van der Waals surface area contributed by atoms with E-state index in [0.717, 1.165) is 51.4 Å². The first-order chi connectivity index (χ1) is 10.3. The fourth-order valence-corrected chi connectivity index (χ4v) is 3.01. The van der Waals surface area contributed by atoms with E-state index in [2.05, 4.69) is 41.4 Å². The van der Waals surface area contributed by atoms with Crippen LogP contribution < -0.4 is 10.1 Å². The number of hydrogen-bond donors (Lipinski definition) is 1. The van der Waals surface area contributed by atoms with Crippen molar-refractivity contribution in [2.24, 2.45) is 0 Å². The normalized spacial score (nSPS) is 26.9. The number of piperazine rings is 1. The van der Waals surface area contributed by atoms with Gasteiger partial charge in [-0.25, -0.2) is 0 Å². The lowest BCUT2D eigenvalue weighted by Gasteiger charge is -2.33. The van der Waals surface area contributed by atoms with Gasteiger partial charge in [0.1, 0.15) is 12.4 Å². The third-order valence-corrected chi connectivity index (χ3v) is 4.41. The van der Waals surface area contributed by atoms with Gasteiger partial charge in [0.05, 0.1) is 6.10 Å². The molecule has 0 saturated carbocycles. The fourth-order valence-electron chi connectivity index (χ4n) is 3.01. The molecular weight excluding hydrogens is 264 g/mol. The van der Waals surface area contributed by atoms with E-state index in [-0.39, 0.29) is 6.10 Å². The molecule has 2 atom stereocenters. The Morgan fingerprint density at radius 2 is 2.19 bits per heavy atom. The highest BCUT2D eigenvalue weighted by atomic mass is 16.5. The fraction of sp³-hybridized carbons (Fsp3) is 0.647. The van der Waals surface area contributed by atoms with Gasteiger partial charge in [-0.2, -0.15) is 0 Å². The molecule has 4 nitrogen and oxygen atoms in total. The van der Waals surface area contributed by atoms with E-state index in [4.69, 9.17) is 9.47 Å². The minimum atomic E-state index is 0.284. The Bertz CT molecular complexity index is 429. The summed E-state index contributed by atoms with van der Waals surface area (Å²) >= 11 is 0. The summed E-state index contributed by atoms with van der Waals surface area (Å²) < 4.78 is 11.4. The molecule has 1 N–H and O–H groups in total. The van der Waals surface area contributed by atoms with Crippen molar-refractivity contribution < 1.29 is 9.47 Å². The monoisotopic (exact) mass is 290 g/mol. The number of ether oxygens (including phenoxy) is 2. The lowest BCUT2D eigenvalue weighted by molar-refractivity contribution is 0.0679. The van der Waals surface area contributed by atoms with Gasteiger partial charge in [0.2, 0.25) is 0 Å². The van der Waals surface area contributed by atoms with Crippen LogP contribution in [0.3, 0.4) is 0 Å². The van der Waals surface area contributed by atoms with E-state index < -0.39 is 0 Å². The van der Waals surface area contributed by atoms with Gasteiger partial charge in [-0.15, -0.1) is 0 Å². The standard InChI is InChI=1S/C17H26N2O2/c1-14-11-18-8-9-19(14)12-15-4-6-16(7-5-15)21-13-17-3-2-10-20-17/h4-7,14,17-18H,2-3,8-13H2,1H3/t14-,17?/m1/s1. The smallest absolute Gasteiger partial charge is 0.119 e. The van der Waals surface area contributed by atoms with Crippen molar-refractivity contribution in [3.05, 3.63) is 29.8 Å². The predicted octanol–water partition coefficient (Wildman–Crippen LogP) is 2.04. The summed E-state index contributed by atoms with van der Waals surface area (Å²) in [4.78, 5) is 2.53. The molecule has 2 aliphatic rings. The second-order valence-corrected chi connectivity index (χ2v) is 6.11. The molecule has 2 heterocycles. The molecule has 1 aromatic carbocycles. The quantitative estimate of drug-likeness (QED) is 0.900. The Hall–Kier alpha value is -1.10. The molecule has 0 aliphatic carbocycles. The van der Waals surface area contributed by atoms with E-state index in [0.29, 0.717) is 12.6 Å².